The van der Waals surface area contributed by atoms with Gasteiger partial charge in [-0.2, -0.15) is 4.31 Å². The van der Waals surface area contributed by atoms with Crippen LogP contribution in [0.1, 0.15) is 55.5 Å². The summed E-state index contributed by atoms with van der Waals surface area (Å²) < 4.78 is 53.1. The Bertz CT molecular complexity index is 1700. The minimum Gasteiger partial charge on any atom is -0.279 e. The summed E-state index contributed by atoms with van der Waals surface area (Å²) in [5.74, 6) is -0.367. The van der Waals surface area contributed by atoms with Crippen LogP contribution < -0.4 is 4.90 Å². The van der Waals surface area contributed by atoms with Gasteiger partial charge in [-0.15, -0.1) is 0 Å². The van der Waals surface area contributed by atoms with Gasteiger partial charge >= 0.3 is 0 Å². The Kier molecular flexibility index (Phi) is 9.90. The van der Waals surface area contributed by atoms with Gasteiger partial charge in [0.2, 0.25) is 10.0 Å². The number of aromatic nitrogens is 2. The highest BCUT2D eigenvalue weighted by Gasteiger charge is 2.26. The molecule has 2 aromatic carbocycles. The molecule has 218 valence electrons. The van der Waals surface area contributed by atoms with Gasteiger partial charge in [-0.3, -0.25) is 14.7 Å². The lowest BCUT2D eigenvalue weighted by Crippen LogP contribution is -2.33. The third-order valence-corrected chi connectivity index (χ3v) is 10.6. The molecule has 41 heavy (non-hydrogen) atoms. The van der Waals surface area contributed by atoms with E-state index in [0.29, 0.717) is 34.0 Å². The van der Waals surface area contributed by atoms with Crippen LogP contribution in [0.15, 0.2) is 76.8 Å². The van der Waals surface area contributed by atoms with Gasteiger partial charge in [0, 0.05) is 37.3 Å². The van der Waals surface area contributed by atoms with E-state index in [1.807, 2.05) is 19.9 Å². The summed E-state index contributed by atoms with van der Waals surface area (Å²) in [4.78, 5) is 24.4. The van der Waals surface area contributed by atoms with Crippen molar-refractivity contribution in [2.75, 3.05) is 24.2 Å². The predicted octanol–water partition coefficient (Wildman–Crippen LogP) is 5.53. The number of anilines is 1. The van der Waals surface area contributed by atoms with E-state index in [1.54, 1.807) is 30.6 Å². The fraction of sp³-hybridized carbons (Fsp3) is 0.345. The number of thiazole rings is 1. The van der Waals surface area contributed by atoms with Gasteiger partial charge in [-0.25, -0.2) is 21.8 Å². The molecule has 0 aliphatic carbocycles. The van der Waals surface area contributed by atoms with Gasteiger partial charge in [-0.1, -0.05) is 44.1 Å². The van der Waals surface area contributed by atoms with E-state index in [-0.39, 0.29) is 22.2 Å². The molecule has 0 fully saturated rings. The monoisotopic (exact) mass is 614 g/mol. The molecule has 9 nitrogen and oxygen atoms in total. The molecule has 0 aliphatic heterocycles. The molecule has 0 atom stereocenters. The number of hydrogen-bond donors (Lipinski definition) is 0. The lowest BCUT2D eigenvalue weighted by atomic mass is 10.2. The average Bonchev–Trinajstić information content (AvgIpc) is 3.39. The number of pyridine rings is 1. The second-order valence-corrected chi connectivity index (χ2v) is 14.7. The molecule has 12 heteroatoms. The number of benzene rings is 2. The van der Waals surface area contributed by atoms with Crippen molar-refractivity contribution in [1.29, 1.82) is 0 Å². The van der Waals surface area contributed by atoms with Crippen molar-refractivity contribution in [1.82, 2.24) is 14.3 Å². The Balaban J connectivity index is 1.68. The number of sulfonamides is 1. The van der Waals surface area contributed by atoms with E-state index in [2.05, 4.69) is 9.97 Å². The standard InChI is InChI=1S/C29H34N4O5S3/c1-4-6-17-32(18-7-5-2)41(37,38)24-12-10-23(11-13-24)28(34)33(21-22-9-8-16-30-20-22)29-31-26-15-14-25(40(3,35)36)19-27(26)39-29/h8-16,19-20H,4-7,17-18,21H2,1-3H3. The summed E-state index contributed by atoms with van der Waals surface area (Å²) in [6, 6.07) is 14.3. The average molecular weight is 615 g/mol. The van der Waals surface area contributed by atoms with Crippen LogP contribution in [0, 0.1) is 0 Å². The maximum absolute atomic E-state index is 13.8. The van der Waals surface area contributed by atoms with E-state index < -0.39 is 19.9 Å². The number of sulfone groups is 1. The lowest BCUT2D eigenvalue weighted by Gasteiger charge is -2.22. The molecule has 4 aromatic rings. The number of amides is 1. The van der Waals surface area contributed by atoms with Crippen LogP contribution in [0.25, 0.3) is 10.2 Å². The highest BCUT2D eigenvalue weighted by molar-refractivity contribution is 7.90. The minimum absolute atomic E-state index is 0.147. The van der Waals surface area contributed by atoms with Crippen molar-refractivity contribution in [2.24, 2.45) is 0 Å². The van der Waals surface area contributed by atoms with Crippen molar-refractivity contribution >= 4 is 52.5 Å². The summed E-state index contributed by atoms with van der Waals surface area (Å²) in [5, 5.41) is 0.390. The van der Waals surface area contributed by atoms with E-state index >= 15 is 0 Å². The van der Waals surface area contributed by atoms with Gasteiger partial charge in [-0.05, 0) is 66.9 Å². The van der Waals surface area contributed by atoms with Crippen LogP contribution in [-0.4, -0.2) is 56.4 Å². The molecular formula is C29H34N4O5S3. The zero-order valence-electron chi connectivity index (χ0n) is 23.4. The molecule has 0 spiro atoms. The van der Waals surface area contributed by atoms with E-state index in [0.717, 1.165) is 37.5 Å². The predicted molar refractivity (Wildman–Crippen MR) is 162 cm³/mol. The largest absolute Gasteiger partial charge is 0.279 e. The molecule has 0 bridgehead atoms. The van der Waals surface area contributed by atoms with Crippen molar-refractivity contribution in [3.8, 4) is 0 Å². The summed E-state index contributed by atoms with van der Waals surface area (Å²) in [6.45, 7) is 5.14. The van der Waals surface area contributed by atoms with Gasteiger partial charge in [0.15, 0.2) is 15.0 Å². The third kappa shape index (κ3) is 7.37. The fourth-order valence-electron chi connectivity index (χ4n) is 4.23. The number of rotatable bonds is 13. The number of carbonyl (C=O) groups excluding carboxylic acids is 1. The second-order valence-electron chi connectivity index (χ2n) is 9.79. The number of nitrogens with zero attached hydrogens (tertiary/aromatic N) is 4. The number of fused-ring (bicyclic) bond motifs is 1. The summed E-state index contributed by atoms with van der Waals surface area (Å²) in [5.41, 5.74) is 1.65. The van der Waals surface area contributed by atoms with E-state index in [1.165, 1.54) is 50.9 Å². The van der Waals surface area contributed by atoms with Crippen molar-refractivity contribution in [3.63, 3.8) is 0 Å². The van der Waals surface area contributed by atoms with Gasteiger partial charge < -0.3 is 0 Å². The van der Waals surface area contributed by atoms with Gasteiger partial charge in [0.05, 0.1) is 26.6 Å². The molecule has 0 N–H and O–H groups in total. The van der Waals surface area contributed by atoms with Crippen LogP contribution in [-0.2, 0) is 26.4 Å². The smallest absolute Gasteiger partial charge is 0.260 e. The van der Waals surface area contributed by atoms with Gasteiger partial charge in [0.25, 0.3) is 5.91 Å². The summed E-state index contributed by atoms with van der Waals surface area (Å²) in [7, 11) is -7.11. The van der Waals surface area contributed by atoms with Crippen molar-refractivity contribution in [3.05, 3.63) is 78.1 Å². The lowest BCUT2D eigenvalue weighted by molar-refractivity contribution is 0.0985. The molecule has 2 aromatic heterocycles. The molecule has 0 saturated carbocycles. The Morgan fingerprint density at radius 1 is 0.902 bits per heavy atom. The zero-order valence-corrected chi connectivity index (χ0v) is 25.8. The molecule has 0 saturated heterocycles. The first-order chi connectivity index (χ1) is 19.5. The Morgan fingerprint density at radius 3 is 2.15 bits per heavy atom. The molecular weight excluding hydrogens is 581 g/mol. The molecule has 0 unspecified atom stereocenters. The van der Waals surface area contributed by atoms with Crippen LogP contribution >= 0.6 is 11.3 Å². The van der Waals surface area contributed by atoms with Crippen LogP contribution in [0.3, 0.4) is 0 Å². The summed E-state index contributed by atoms with van der Waals surface area (Å²) in [6.07, 6.45) is 7.77. The van der Waals surface area contributed by atoms with Crippen LogP contribution in [0.5, 0.6) is 0 Å². The zero-order chi connectivity index (χ0) is 29.6. The minimum atomic E-state index is -3.70. The number of hydrogen-bond acceptors (Lipinski definition) is 8. The topological polar surface area (TPSA) is 118 Å². The van der Waals surface area contributed by atoms with E-state index in [9.17, 15) is 21.6 Å². The van der Waals surface area contributed by atoms with E-state index in [4.69, 9.17) is 0 Å². The maximum Gasteiger partial charge on any atom is 0.260 e. The molecule has 2 heterocycles. The number of carbonyl (C=O) groups is 1. The Morgan fingerprint density at radius 2 is 1.56 bits per heavy atom. The van der Waals surface area contributed by atoms with Crippen molar-refractivity contribution in [2.45, 2.75) is 55.9 Å². The third-order valence-electron chi connectivity index (χ3n) is 6.58. The molecule has 4 rings (SSSR count). The highest BCUT2D eigenvalue weighted by Crippen LogP contribution is 2.32. The maximum atomic E-state index is 13.8. The van der Waals surface area contributed by atoms with Crippen molar-refractivity contribution < 1.29 is 21.6 Å². The molecule has 1 amide bonds. The van der Waals surface area contributed by atoms with Crippen LogP contribution in [0.4, 0.5) is 5.13 Å². The normalized spacial score (nSPS) is 12.2. The van der Waals surface area contributed by atoms with Crippen LogP contribution in [0.2, 0.25) is 0 Å². The SMILES string of the molecule is CCCCN(CCCC)S(=O)(=O)c1ccc(C(=O)N(Cc2cccnc2)c2nc3ccc(S(C)(=O)=O)cc3s2)cc1. The Hall–Kier alpha value is -3.19. The summed E-state index contributed by atoms with van der Waals surface area (Å²) >= 11 is 1.21. The molecule has 0 radical (unpaired) electrons. The fourth-order valence-corrected chi connectivity index (χ4v) is 7.48. The Labute approximate surface area is 245 Å². The first-order valence-electron chi connectivity index (χ1n) is 13.5. The molecule has 0 aliphatic rings. The van der Waals surface area contributed by atoms with Gasteiger partial charge in [0.1, 0.15) is 0 Å². The number of unbranched alkanes of at least 4 members (excludes halogenated alkanes) is 2. The first kappa shape index (κ1) is 30.8. The first-order valence-corrected chi connectivity index (χ1v) is 17.6. The highest BCUT2D eigenvalue weighted by atomic mass is 32.2. The second kappa shape index (κ2) is 13.2. The quantitative estimate of drug-likeness (QED) is 0.194.